The summed E-state index contributed by atoms with van der Waals surface area (Å²) in [6, 6.07) is 0. The highest BCUT2D eigenvalue weighted by Gasteiger charge is 2.17. The molecule has 0 aliphatic carbocycles. The lowest BCUT2D eigenvalue weighted by Gasteiger charge is -2.12. The van der Waals surface area contributed by atoms with Gasteiger partial charge < -0.3 is 4.74 Å². The second-order valence-corrected chi connectivity index (χ2v) is 3.38. The number of ether oxygens (including phenoxy) is 1. The van der Waals surface area contributed by atoms with Gasteiger partial charge in [-0.15, -0.1) is 5.10 Å². The van der Waals surface area contributed by atoms with Crippen molar-refractivity contribution >= 4 is 5.78 Å². The predicted octanol–water partition coefficient (Wildman–Crippen LogP) is 0.742. The molecule has 1 atom stereocenters. The molecule has 84 valence electrons. The Morgan fingerprint density at radius 2 is 2.33 bits per heavy atom. The van der Waals surface area contributed by atoms with Gasteiger partial charge in [-0.1, -0.05) is 12.1 Å². The molecule has 0 bridgehead atoms. The van der Waals surface area contributed by atoms with Crippen molar-refractivity contribution in [3.63, 3.8) is 0 Å². The van der Waals surface area contributed by atoms with Crippen molar-refractivity contribution in [2.24, 2.45) is 7.05 Å². The molecule has 1 rings (SSSR count). The molecule has 0 radical (unpaired) electrons. The number of carbonyl (C=O) groups is 1. The van der Waals surface area contributed by atoms with Crippen LogP contribution in [0.25, 0.3) is 0 Å². The van der Waals surface area contributed by atoms with Crippen LogP contribution in [0.3, 0.4) is 0 Å². The first-order chi connectivity index (χ1) is 7.17. The molecule has 0 aliphatic heterocycles. The summed E-state index contributed by atoms with van der Waals surface area (Å²) in [6.07, 6.45) is 2.44. The van der Waals surface area contributed by atoms with Crippen molar-refractivity contribution in [3.05, 3.63) is 11.9 Å². The van der Waals surface area contributed by atoms with Gasteiger partial charge in [0.25, 0.3) is 0 Å². The molecule has 1 unspecified atom stereocenters. The first-order valence-corrected chi connectivity index (χ1v) is 5.16. The summed E-state index contributed by atoms with van der Waals surface area (Å²) in [6.45, 7) is 4.39. The van der Waals surface area contributed by atoms with Crippen LogP contribution in [-0.2, 0) is 23.0 Å². The van der Waals surface area contributed by atoms with Crippen molar-refractivity contribution in [2.75, 3.05) is 6.61 Å². The Labute approximate surface area is 89.4 Å². The fourth-order valence-corrected chi connectivity index (χ4v) is 1.41. The highest BCUT2D eigenvalue weighted by atomic mass is 16.5. The monoisotopic (exact) mass is 211 g/mol. The van der Waals surface area contributed by atoms with E-state index in [0.29, 0.717) is 25.1 Å². The zero-order chi connectivity index (χ0) is 11.3. The topological polar surface area (TPSA) is 57.0 Å². The molecule has 0 N–H and O–H groups in total. The Kier molecular flexibility index (Phi) is 4.42. The van der Waals surface area contributed by atoms with E-state index in [1.165, 1.54) is 0 Å². The Balaban J connectivity index is 2.53. The molecule has 5 heteroatoms. The second kappa shape index (κ2) is 5.60. The Bertz CT molecular complexity index is 322. The third-order valence-electron chi connectivity index (χ3n) is 2.10. The van der Waals surface area contributed by atoms with Crippen LogP contribution in [0.15, 0.2) is 6.20 Å². The van der Waals surface area contributed by atoms with Crippen LogP contribution < -0.4 is 0 Å². The molecule has 0 aliphatic rings. The summed E-state index contributed by atoms with van der Waals surface area (Å²) in [5, 5.41) is 7.64. The quantitative estimate of drug-likeness (QED) is 0.696. The minimum Gasteiger partial charge on any atom is -0.371 e. The molecule has 5 nitrogen and oxygen atoms in total. The van der Waals surface area contributed by atoms with Crippen molar-refractivity contribution in [1.29, 1.82) is 0 Å². The van der Waals surface area contributed by atoms with E-state index in [0.717, 1.165) is 0 Å². The summed E-state index contributed by atoms with van der Waals surface area (Å²) in [5.41, 5.74) is 0.695. The Hall–Kier alpha value is -1.23. The normalized spacial score (nSPS) is 12.7. The minimum atomic E-state index is -0.308. The van der Waals surface area contributed by atoms with Crippen LogP contribution in [0.2, 0.25) is 0 Å². The van der Waals surface area contributed by atoms with E-state index in [1.807, 2.05) is 13.8 Å². The molecule has 0 saturated heterocycles. The maximum atomic E-state index is 11.7. The van der Waals surface area contributed by atoms with Gasteiger partial charge >= 0.3 is 0 Å². The molecule has 15 heavy (non-hydrogen) atoms. The lowest BCUT2D eigenvalue weighted by Crippen LogP contribution is -2.25. The minimum absolute atomic E-state index is 0.0693. The first-order valence-electron chi connectivity index (χ1n) is 5.16. The molecule has 1 heterocycles. The van der Waals surface area contributed by atoms with Crippen molar-refractivity contribution in [1.82, 2.24) is 15.0 Å². The predicted molar refractivity (Wildman–Crippen MR) is 55.4 cm³/mol. The van der Waals surface area contributed by atoms with Crippen LogP contribution in [0.1, 0.15) is 26.0 Å². The molecule has 0 spiro atoms. The maximum absolute atomic E-state index is 11.7. The lowest BCUT2D eigenvalue weighted by atomic mass is 10.1. The van der Waals surface area contributed by atoms with E-state index < -0.39 is 0 Å². The van der Waals surface area contributed by atoms with E-state index in [1.54, 1.807) is 17.9 Å². The third-order valence-corrected chi connectivity index (χ3v) is 2.10. The van der Waals surface area contributed by atoms with Gasteiger partial charge in [-0.25, -0.2) is 0 Å². The van der Waals surface area contributed by atoms with Crippen LogP contribution >= 0.6 is 0 Å². The Morgan fingerprint density at radius 1 is 1.60 bits per heavy atom. The fourth-order valence-electron chi connectivity index (χ4n) is 1.41. The largest absolute Gasteiger partial charge is 0.371 e. The van der Waals surface area contributed by atoms with E-state index >= 15 is 0 Å². The van der Waals surface area contributed by atoms with E-state index in [9.17, 15) is 4.79 Å². The number of rotatable bonds is 6. The molecular weight excluding hydrogens is 194 g/mol. The number of hydrogen-bond acceptors (Lipinski definition) is 4. The number of nitrogens with zero attached hydrogens (tertiary/aromatic N) is 3. The maximum Gasteiger partial charge on any atom is 0.167 e. The zero-order valence-corrected chi connectivity index (χ0v) is 9.43. The standard InChI is InChI=1S/C10H17N3O2/c1-4-10(15-5-2)9(14)6-8-7-13(3)12-11-8/h7,10H,4-6H2,1-3H3. The van der Waals surface area contributed by atoms with Gasteiger partial charge in [0.2, 0.25) is 0 Å². The number of carbonyl (C=O) groups excluding carboxylic acids is 1. The molecule has 1 aromatic heterocycles. The highest BCUT2D eigenvalue weighted by Crippen LogP contribution is 2.04. The SMILES string of the molecule is CCOC(CC)C(=O)Cc1cn(C)nn1. The zero-order valence-electron chi connectivity index (χ0n) is 9.43. The highest BCUT2D eigenvalue weighted by molar-refractivity contribution is 5.84. The number of aryl methyl sites for hydroxylation is 1. The summed E-state index contributed by atoms with van der Waals surface area (Å²) in [5.74, 6) is 0.0693. The summed E-state index contributed by atoms with van der Waals surface area (Å²) in [7, 11) is 1.78. The molecule has 0 amide bonds. The molecular formula is C10H17N3O2. The van der Waals surface area contributed by atoms with Crippen molar-refractivity contribution in [3.8, 4) is 0 Å². The lowest BCUT2D eigenvalue weighted by molar-refractivity contribution is -0.129. The average Bonchev–Trinajstić information content (AvgIpc) is 2.60. The van der Waals surface area contributed by atoms with Gasteiger partial charge in [0.15, 0.2) is 5.78 Å². The summed E-state index contributed by atoms with van der Waals surface area (Å²) < 4.78 is 6.91. The van der Waals surface area contributed by atoms with Gasteiger partial charge in [0.1, 0.15) is 6.10 Å². The molecule has 0 fully saturated rings. The van der Waals surface area contributed by atoms with Crippen LogP contribution in [-0.4, -0.2) is 33.5 Å². The Morgan fingerprint density at radius 3 is 2.80 bits per heavy atom. The van der Waals surface area contributed by atoms with Crippen molar-refractivity contribution < 1.29 is 9.53 Å². The van der Waals surface area contributed by atoms with E-state index in [4.69, 9.17) is 4.74 Å². The van der Waals surface area contributed by atoms with Gasteiger partial charge in [0.05, 0.1) is 12.1 Å². The first kappa shape index (κ1) is 11.8. The second-order valence-electron chi connectivity index (χ2n) is 3.38. The van der Waals surface area contributed by atoms with Crippen LogP contribution in [0, 0.1) is 0 Å². The van der Waals surface area contributed by atoms with Gasteiger partial charge in [-0.2, -0.15) is 0 Å². The van der Waals surface area contributed by atoms with E-state index in [2.05, 4.69) is 10.3 Å². The number of hydrogen-bond donors (Lipinski definition) is 0. The fraction of sp³-hybridized carbons (Fsp3) is 0.700. The smallest absolute Gasteiger partial charge is 0.167 e. The van der Waals surface area contributed by atoms with Crippen LogP contribution in [0.5, 0.6) is 0 Å². The molecule has 0 saturated carbocycles. The van der Waals surface area contributed by atoms with Crippen molar-refractivity contribution in [2.45, 2.75) is 32.8 Å². The molecule has 1 aromatic rings. The van der Waals surface area contributed by atoms with Gasteiger partial charge in [-0.05, 0) is 13.3 Å². The average molecular weight is 211 g/mol. The molecule has 0 aromatic carbocycles. The van der Waals surface area contributed by atoms with Gasteiger partial charge in [-0.3, -0.25) is 9.48 Å². The number of ketones is 1. The number of Topliss-reactive ketones (excluding diaryl/α,β-unsaturated/α-hetero) is 1. The van der Waals surface area contributed by atoms with Gasteiger partial charge in [0, 0.05) is 19.9 Å². The summed E-state index contributed by atoms with van der Waals surface area (Å²) >= 11 is 0. The van der Waals surface area contributed by atoms with Crippen LogP contribution in [0.4, 0.5) is 0 Å². The number of aromatic nitrogens is 3. The third kappa shape index (κ3) is 3.43. The van der Waals surface area contributed by atoms with E-state index in [-0.39, 0.29) is 11.9 Å². The summed E-state index contributed by atoms with van der Waals surface area (Å²) in [4.78, 5) is 11.7.